The molecule has 1 amide bonds. The van der Waals surface area contributed by atoms with Crippen LogP contribution in [0.15, 0.2) is 64.7 Å². The maximum absolute atomic E-state index is 13.4. The molecule has 0 bridgehead atoms. The number of rotatable bonds is 7. The Balaban J connectivity index is 1.67. The average molecular weight is 481 g/mol. The minimum absolute atomic E-state index is 0.0974. The molecule has 0 aliphatic heterocycles. The van der Waals surface area contributed by atoms with Crippen LogP contribution in [0.2, 0.25) is 5.02 Å². The Kier molecular flexibility index (Phi) is 6.91. The van der Waals surface area contributed by atoms with Crippen molar-refractivity contribution in [2.24, 2.45) is 7.05 Å². The number of nitrogens with one attached hydrogen (secondary N) is 1. The van der Waals surface area contributed by atoms with Gasteiger partial charge in [-0.25, -0.2) is 4.98 Å². The average Bonchev–Trinajstić information content (AvgIpc) is 3.14. The fraction of sp³-hybridized carbons (Fsp3) is 0.240. The molecule has 0 radical (unpaired) electrons. The lowest BCUT2D eigenvalue weighted by molar-refractivity contribution is -0.113. The minimum Gasteiger partial charge on any atom is -0.344 e. The molecule has 2 aromatic carbocycles. The lowest BCUT2D eigenvalue weighted by atomic mass is 10.1. The summed E-state index contributed by atoms with van der Waals surface area (Å²) in [5.41, 5.74) is 4.59. The normalized spacial score (nSPS) is 11.2. The van der Waals surface area contributed by atoms with Crippen LogP contribution in [0.3, 0.4) is 0 Å². The molecular weight excluding hydrogens is 456 g/mol. The maximum Gasteiger partial charge on any atom is 0.278 e. The Morgan fingerprint density at radius 3 is 2.64 bits per heavy atom. The van der Waals surface area contributed by atoms with Gasteiger partial charge in [0.15, 0.2) is 5.16 Å². The zero-order valence-electron chi connectivity index (χ0n) is 18.8. The van der Waals surface area contributed by atoms with E-state index in [2.05, 4.69) is 5.32 Å². The van der Waals surface area contributed by atoms with Crippen LogP contribution in [0.25, 0.3) is 22.2 Å². The molecule has 170 valence electrons. The number of fused-ring (bicyclic) bond motifs is 1. The second-order valence-corrected chi connectivity index (χ2v) is 9.22. The van der Waals surface area contributed by atoms with Gasteiger partial charge in [0, 0.05) is 36.1 Å². The molecule has 4 aromatic rings. The van der Waals surface area contributed by atoms with Gasteiger partial charge in [0.2, 0.25) is 5.91 Å². The van der Waals surface area contributed by atoms with Gasteiger partial charge in [-0.05, 0) is 36.6 Å². The fourth-order valence-corrected chi connectivity index (χ4v) is 4.71. The van der Waals surface area contributed by atoms with E-state index in [0.717, 1.165) is 23.1 Å². The van der Waals surface area contributed by atoms with Crippen molar-refractivity contribution >= 4 is 46.0 Å². The summed E-state index contributed by atoms with van der Waals surface area (Å²) < 4.78 is 3.50. The Bertz CT molecular complexity index is 1380. The van der Waals surface area contributed by atoms with Crippen molar-refractivity contribution in [3.05, 3.63) is 75.7 Å². The van der Waals surface area contributed by atoms with E-state index in [1.807, 2.05) is 74.1 Å². The monoisotopic (exact) mass is 480 g/mol. The van der Waals surface area contributed by atoms with Gasteiger partial charge in [-0.3, -0.25) is 14.2 Å². The summed E-state index contributed by atoms with van der Waals surface area (Å²) >= 11 is 7.42. The summed E-state index contributed by atoms with van der Waals surface area (Å²) in [6.45, 7) is 4.45. The van der Waals surface area contributed by atoms with Crippen LogP contribution in [0.5, 0.6) is 0 Å². The van der Waals surface area contributed by atoms with E-state index in [1.165, 1.54) is 11.8 Å². The minimum atomic E-state index is -0.186. The molecule has 2 heterocycles. The highest BCUT2D eigenvalue weighted by molar-refractivity contribution is 7.99. The van der Waals surface area contributed by atoms with E-state index < -0.39 is 0 Å². The van der Waals surface area contributed by atoms with Crippen molar-refractivity contribution in [2.75, 3.05) is 11.1 Å². The van der Waals surface area contributed by atoms with E-state index in [1.54, 1.807) is 10.6 Å². The van der Waals surface area contributed by atoms with Crippen LogP contribution in [0.1, 0.15) is 18.9 Å². The fourth-order valence-electron chi connectivity index (χ4n) is 3.71. The molecule has 0 atom stereocenters. The van der Waals surface area contributed by atoms with Gasteiger partial charge in [0.25, 0.3) is 5.56 Å². The van der Waals surface area contributed by atoms with Gasteiger partial charge in [0.05, 0.1) is 5.75 Å². The molecule has 8 heteroatoms. The number of aryl methyl sites for hydroxylation is 2. The molecule has 0 saturated carbocycles. The summed E-state index contributed by atoms with van der Waals surface area (Å²) in [6, 6.07) is 15.3. The van der Waals surface area contributed by atoms with Crippen LogP contribution in [-0.4, -0.2) is 25.8 Å². The quantitative estimate of drug-likeness (QED) is 0.280. The zero-order valence-corrected chi connectivity index (χ0v) is 20.3. The third-order valence-electron chi connectivity index (χ3n) is 5.36. The lowest BCUT2D eigenvalue weighted by Crippen LogP contribution is -2.25. The van der Waals surface area contributed by atoms with Gasteiger partial charge in [0.1, 0.15) is 11.0 Å². The highest BCUT2D eigenvalue weighted by Gasteiger charge is 2.19. The number of aromatic nitrogens is 3. The Hall–Kier alpha value is -3.03. The van der Waals surface area contributed by atoms with Crippen LogP contribution in [0, 0.1) is 6.92 Å². The van der Waals surface area contributed by atoms with Crippen molar-refractivity contribution in [3.63, 3.8) is 0 Å². The molecule has 0 fully saturated rings. The number of hydrogen-bond donors (Lipinski definition) is 1. The van der Waals surface area contributed by atoms with Crippen molar-refractivity contribution in [3.8, 4) is 11.1 Å². The maximum atomic E-state index is 13.4. The number of carbonyl (C=O) groups is 1. The van der Waals surface area contributed by atoms with E-state index >= 15 is 0 Å². The molecule has 0 saturated heterocycles. The van der Waals surface area contributed by atoms with Gasteiger partial charge >= 0.3 is 0 Å². The van der Waals surface area contributed by atoms with Crippen molar-refractivity contribution in [2.45, 2.75) is 32.0 Å². The predicted molar refractivity (Wildman–Crippen MR) is 136 cm³/mol. The number of benzene rings is 2. The number of thioether (sulfide) groups is 1. The number of hydrogen-bond acceptors (Lipinski definition) is 4. The topological polar surface area (TPSA) is 68.9 Å². The number of carbonyl (C=O) groups excluding carboxylic acids is 1. The molecule has 6 nitrogen and oxygen atoms in total. The predicted octanol–water partition coefficient (Wildman–Crippen LogP) is 5.50. The van der Waals surface area contributed by atoms with Crippen LogP contribution >= 0.6 is 23.4 Å². The number of amides is 1. The molecule has 33 heavy (non-hydrogen) atoms. The number of halogens is 1. The van der Waals surface area contributed by atoms with E-state index in [0.29, 0.717) is 33.4 Å². The standard InChI is InChI=1S/C25H25ClN4O2S/c1-4-12-30-24(32)23-22(19(14-29(23)3)17-8-6-5-7-9-17)28-25(30)33-15-21(31)27-18-11-10-16(2)20(26)13-18/h5-11,13-14H,4,12,15H2,1-3H3,(H,27,31). The highest BCUT2D eigenvalue weighted by Crippen LogP contribution is 2.29. The SMILES string of the molecule is CCCn1c(SCC(=O)Nc2ccc(C)c(Cl)c2)nc2c(-c3ccccc3)cn(C)c2c1=O. The molecule has 0 spiro atoms. The summed E-state index contributed by atoms with van der Waals surface area (Å²) in [5.74, 6) is -0.0608. The summed E-state index contributed by atoms with van der Waals surface area (Å²) in [5, 5.41) is 4.00. The summed E-state index contributed by atoms with van der Waals surface area (Å²) in [6.07, 6.45) is 2.72. The third-order valence-corrected chi connectivity index (χ3v) is 6.74. The van der Waals surface area contributed by atoms with Gasteiger partial charge in [-0.15, -0.1) is 0 Å². The first-order chi connectivity index (χ1) is 15.9. The zero-order chi connectivity index (χ0) is 23.5. The first-order valence-corrected chi connectivity index (χ1v) is 12.1. The Morgan fingerprint density at radius 2 is 1.94 bits per heavy atom. The van der Waals surface area contributed by atoms with Crippen molar-refractivity contribution in [1.82, 2.24) is 14.1 Å². The van der Waals surface area contributed by atoms with E-state index in [-0.39, 0.29) is 17.2 Å². The molecule has 1 N–H and O–H groups in total. The smallest absolute Gasteiger partial charge is 0.278 e. The van der Waals surface area contributed by atoms with Crippen LogP contribution < -0.4 is 10.9 Å². The molecule has 4 rings (SSSR count). The second kappa shape index (κ2) is 9.85. The highest BCUT2D eigenvalue weighted by atomic mass is 35.5. The molecule has 0 aliphatic rings. The Morgan fingerprint density at radius 1 is 1.18 bits per heavy atom. The first-order valence-electron chi connectivity index (χ1n) is 10.7. The summed E-state index contributed by atoms with van der Waals surface area (Å²) in [4.78, 5) is 30.8. The lowest BCUT2D eigenvalue weighted by Gasteiger charge is -2.12. The largest absolute Gasteiger partial charge is 0.344 e. The van der Waals surface area contributed by atoms with Gasteiger partial charge in [-0.2, -0.15) is 0 Å². The van der Waals surface area contributed by atoms with Crippen molar-refractivity contribution < 1.29 is 4.79 Å². The number of nitrogens with zero attached hydrogens (tertiary/aromatic N) is 3. The first kappa shape index (κ1) is 23.1. The molecule has 0 aliphatic carbocycles. The summed E-state index contributed by atoms with van der Waals surface area (Å²) in [7, 11) is 1.86. The molecule has 2 aromatic heterocycles. The van der Waals surface area contributed by atoms with Gasteiger partial charge in [-0.1, -0.05) is 66.7 Å². The van der Waals surface area contributed by atoms with Crippen LogP contribution in [0.4, 0.5) is 5.69 Å². The molecule has 0 unspecified atom stereocenters. The Labute approximate surface area is 201 Å². The van der Waals surface area contributed by atoms with E-state index in [9.17, 15) is 9.59 Å². The second-order valence-electron chi connectivity index (χ2n) is 7.87. The van der Waals surface area contributed by atoms with Gasteiger partial charge < -0.3 is 9.88 Å². The third kappa shape index (κ3) is 4.84. The molecular formula is C25H25ClN4O2S. The van der Waals surface area contributed by atoms with Crippen molar-refractivity contribution in [1.29, 1.82) is 0 Å². The number of anilines is 1. The van der Waals surface area contributed by atoms with Crippen LogP contribution in [-0.2, 0) is 18.4 Å². The van der Waals surface area contributed by atoms with E-state index in [4.69, 9.17) is 16.6 Å².